The van der Waals surface area contributed by atoms with E-state index in [1.54, 1.807) is 24.9 Å². The fourth-order valence-electron chi connectivity index (χ4n) is 0.906. The molecule has 0 aromatic heterocycles. The van der Waals surface area contributed by atoms with Gasteiger partial charge >= 0.3 is 7.80 Å². The molecule has 0 aliphatic rings. The summed E-state index contributed by atoms with van der Waals surface area (Å²) in [5.41, 5.74) is 0.782. The first-order chi connectivity index (χ1) is 5.61. The molecule has 1 rings (SSSR count). The van der Waals surface area contributed by atoms with Crippen molar-refractivity contribution in [3.05, 3.63) is 33.8 Å². The van der Waals surface area contributed by atoms with Crippen LogP contribution in [-0.2, 0) is 10.7 Å². The van der Waals surface area contributed by atoms with Crippen molar-refractivity contribution in [1.29, 1.82) is 0 Å². The first-order valence-electron chi connectivity index (χ1n) is 3.42. The fraction of sp³-hybridized carbons (Fsp3) is 0.250. The number of benzene rings is 1. The van der Waals surface area contributed by atoms with E-state index in [2.05, 4.69) is 0 Å². The van der Waals surface area contributed by atoms with Crippen molar-refractivity contribution in [2.24, 2.45) is 0 Å². The van der Waals surface area contributed by atoms with Crippen molar-refractivity contribution < 1.29 is 4.57 Å². The lowest BCUT2D eigenvalue weighted by Crippen LogP contribution is -1.83. The molecule has 12 heavy (non-hydrogen) atoms. The molecule has 0 spiro atoms. The van der Waals surface area contributed by atoms with Gasteiger partial charge in [-0.15, -0.1) is 0 Å². The molecule has 0 saturated heterocycles. The zero-order chi connectivity index (χ0) is 9.14. The number of hydrogen-bond donors (Lipinski definition) is 0. The SMILES string of the molecule is C[P+](=O)Cc1c(Cl)cccc1Cl. The van der Waals surface area contributed by atoms with E-state index >= 15 is 0 Å². The molecule has 1 nitrogen and oxygen atoms in total. The summed E-state index contributed by atoms with van der Waals surface area (Å²) in [5.74, 6) is 0. The molecule has 0 aliphatic carbocycles. The van der Waals surface area contributed by atoms with Gasteiger partial charge in [0.25, 0.3) is 0 Å². The van der Waals surface area contributed by atoms with E-state index in [9.17, 15) is 4.57 Å². The Bertz CT molecular complexity index is 292. The quantitative estimate of drug-likeness (QED) is 0.692. The summed E-state index contributed by atoms with van der Waals surface area (Å²) < 4.78 is 10.9. The van der Waals surface area contributed by atoms with E-state index in [0.717, 1.165) is 5.56 Å². The highest BCUT2D eigenvalue weighted by Crippen LogP contribution is 2.32. The van der Waals surface area contributed by atoms with Crippen LogP contribution in [0.25, 0.3) is 0 Å². The lowest BCUT2D eigenvalue weighted by Gasteiger charge is -1.98. The van der Waals surface area contributed by atoms with Crippen LogP contribution in [0.15, 0.2) is 18.2 Å². The Labute approximate surface area is 82.5 Å². The predicted octanol–water partition coefficient (Wildman–Crippen LogP) is 3.95. The number of halogens is 2. The van der Waals surface area contributed by atoms with Gasteiger partial charge in [-0.25, -0.2) is 0 Å². The van der Waals surface area contributed by atoms with Gasteiger partial charge in [0.05, 0.1) is 0 Å². The summed E-state index contributed by atoms with van der Waals surface area (Å²) in [7, 11) is -1.23. The molecule has 4 heteroatoms. The third kappa shape index (κ3) is 2.45. The van der Waals surface area contributed by atoms with Gasteiger partial charge in [-0.1, -0.05) is 33.8 Å². The Balaban J connectivity index is 3.04. The topological polar surface area (TPSA) is 17.1 Å². The van der Waals surface area contributed by atoms with Crippen LogP contribution in [0.4, 0.5) is 0 Å². The highest BCUT2D eigenvalue weighted by molar-refractivity contribution is 7.42. The predicted molar refractivity (Wildman–Crippen MR) is 53.7 cm³/mol. The molecule has 0 fully saturated rings. The summed E-state index contributed by atoms with van der Waals surface area (Å²) in [6, 6.07) is 5.28. The van der Waals surface area contributed by atoms with Gasteiger partial charge in [0.1, 0.15) is 6.66 Å². The lowest BCUT2D eigenvalue weighted by molar-refractivity contribution is 0.590. The molecule has 1 aromatic carbocycles. The molecule has 1 aromatic rings. The lowest BCUT2D eigenvalue weighted by atomic mass is 10.2. The van der Waals surface area contributed by atoms with E-state index in [-0.39, 0.29) is 0 Å². The molecule has 0 aliphatic heterocycles. The Hall–Kier alpha value is -0.100. The second-order valence-electron chi connectivity index (χ2n) is 2.49. The van der Waals surface area contributed by atoms with Gasteiger partial charge in [-0.2, -0.15) is 0 Å². The molecule has 1 unspecified atom stereocenters. The first kappa shape index (κ1) is 9.98. The molecule has 64 valence electrons. The van der Waals surface area contributed by atoms with Crippen LogP contribution < -0.4 is 0 Å². The van der Waals surface area contributed by atoms with Crippen molar-refractivity contribution >= 4 is 31.0 Å². The van der Waals surface area contributed by atoms with Crippen LogP contribution >= 0.6 is 31.0 Å². The third-order valence-corrected chi connectivity index (χ3v) is 2.91. The minimum atomic E-state index is -1.23. The summed E-state index contributed by atoms with van der Waals surface area (Å²) in [4.78, 5) is 0. The van der Waals surface area contributed by atoms with Gasteiger partial charge < -0.3 is 0 Å². The van der Waals surface area contributed by atoms with E-state index < -0.39 is 7.80 Å². The third-order valence-electron chi connectivity index (χ3n) is 1.44. The maximum absolute atomic E-state index is 10.9. The van der Waals surface area contributed by atoms with E-state index in [1.807, 2.05) is 0 Å². The second-order valence-corrected chi connectivity index (χ2v) is 4.87. The molecule has 0 radical (unpaired) electrons. The van der Waals surface area contributed by atoms with Crippen molar-refractivity contribution in [2.45, 2.75) is 6.16 Å². The summed E-state index contributed by atoms with van der Waals surface area (Å²) in [6.07, 6.45) is 0.452. The maximum atomic E-state index is 10.9. The van der Waals surface area contributed by atoms with Gasteiger partial charge in [-0.3, -0.25) is 0 Å². The number of rotatable bonds is 2. The molecular formula is C8H8Cl2OP+. The van der Waals surface area contributed by atoms with Crippen LogP contribution in [0.3, 0.4) is 0 Å². The minimum absolute atomic E-state index is 0.452. The Kier molecular flexibility index (Phi) is 3.52. The average Bonchev–Trinajstić information content (AvgIpc) is 1.97. The van der Waals surface area contributed by atoms with Gasteiger partial charge in [0, 0.05) is 15.6 Å². The van der Waals surface area contributed by atoms with E-state index in [1.165, 1.54) is 0 Å². The van der Waals surface area contributed by atoms with Gasteiger partial charge in [0.2, 0.25) is 0 Å². The summed E-state index contributed by atoms with van der Waals surface area (Å²) >= 11 is 11.7. The molecule has 0 N–H and O–H groups in total. The van der Waals surface area contributed by atoms with Crippen LogP contribution in [0.1, 0.15) is 5.56 Å². The Morgan fingerprint density at radius 1 is 1.33 bits per heavy atom. The number of hydrogen-bond acceptors (Lipinski definition) is 1. The maximum Gasteiger partial charge on any atom is 0.340 e. The highest BCUT2D eigenvalue weighted by Gasteiger charge is 2.14. The smallest absolute Gasteiger partial charge is 0.0838 e. The normalized spacial score (nSPS) is 11.4. The van der Waals surface area contributed by atoms with Crippen LogP contribution in [0.2, 0.25) is 10.0 Å². The molecule has 0 amide bonds. The monoisotopic (exact) mass is 221 g/mol. The van der Waals surface area contributed by atoms with Crippen molar-refractivity contribution in [1.82, 2.24) is 0 Å². The van der Waals surface area contributed by atoms with Crippen LogP contribution in [0, 0.1) is 0 Å². The zero-order valence-electron chi connectivity index (χ0n) is 6.55. The van der Waals surface area contributed by atoms with Crippen LogP contribution in [0.5, 0.6) is 0 Å². The largest absolute Gasteiger partial charge is 0.340 e. The summed E-state index contributed by atoms with van der Waals surface area (Å²) in [5, 5.41) is 1.18. The average molecular weight is 222 g/mol. The minimum Gasteiger partial charge on any atom is -0.0838 e. The molecular weight excluding hydrogens is 214 g/mol. The zero-order valence-corrected chi connectivity index (χ0v) is 8.96. The molecule has 1 atom stereocenters. The second kappa shape index (κ2) is 4.23. The molecule has 0 saturated carbocycles. The van der Waals surface area contributed by atoms with Crippen molar-refractivity contribution in [2.75, 3.05) is 6.66 Å². The fourth-order valence-corrected chi connectivity index (χ4v) is 2.41. The van der Waals surface area contributed by atoms with Gasteiger partial charge in [-0.05, 0) is 12.1 Å². The standard InChI is InChI=1S/C8H8Cl2OP/c1-12(11)5-6-7(9)3-2-4-8(6)10/h2-4H,5H2,1H3/q+1. The Morgan fingerprint density at radius 2 is 1.83 bits per heavy atom. The molecule has 0 heterocycles. The van der Waals surface area contributed by atoms with E-state index in [4.69, 9.17) is 23.2 Å². The first-order valence-corrected chi connectivity index (χ1v) is 6.07. The van der Waals surface area contributed by atoms with Gasteiger partial charge in [0.15, 0.2) is 6.16 Å². The summed E-state index contributed by atoms with van der Waals surface area (Å²) in [6.45, 7) is 1.66. The molecule has 0 bridgehead atoms. The van der Waals surface area contributed by atoms with Crippen molar-refractivity contribution in [3.8, 4) is 0 Å². The van der Waals surface area contributed by atoms with E-state index in [0.29, 0.717) is 16.2 Å². The van der Waals surface area contributed by atoms with Crippen molar-refractivity contribution in [3.63, 3.8) is 0 Å². The highest BCUT2D eigenvalue weighted by atomic mass is 35.5. The van der Waals surface area contributed by atoms with Crippen LogP contribution in [-0.4, -0.2) is 6.66 Å². The Morgan fingerprint density at radius 3 is 2.25 bits per heavy atom.